The van der Waals surface area contributed by atoms with E-state index in [1.807, 2.05) is 26.0 Å². The molecule has 0 spiro atoms. The third-order valence-electron chi connectivity index (χ3n) is 3.64. The van der Waals surface area contributed by atoms with Gasteiger partial charge >= 0.3 is 5.63 Å². The Morgan fingerprint density at radius 3 is 2.61 bits per heavy atom. The maximum atomic E-state index is 12.4. The number of anilines is 1. The molecule has 3 rings (SSSR count). The van der Waals surface area contributed by atoms with Crippen LogP contribution in [0.15, 0.2) is 51.7 Å². The lowest BCUT2D eigenvalue weighted by atomic mass is 10.1. The summed E-state index contributed by atoms with van der Waals surface area (Å²) >= 11 is 5.90. The number of nitrogens with one attached hydrogen (secondary N) is 1. The van der Waals surface area contributed by atoms with Gasteiger partial charge in [-0.15, -0.1) is 0 Å². The first kappa shape index (κ1) is 15.3. The summed E-state index contributed by atoms with van der Waals surface area (Å²) in [7, 11) is 0. The van der Waals surface area contributed by atoms with Gasteiger partial charge in [0.15, 0.2) is 0 Å². The molecule has 3 aromatic rings. The van der Waals surface area contributed by atoms with Gasteiger partial charge in [0, 0.05) is 16.1 Å². The normalized spacial score (nSPS) is 10.7. The van der Waals surface area contributed by atoms with E-state index in [-0.39, 0.29) is 5.56 Å². The summed E-state index contributed by atoms with van der Waals surface area (Å²) in [5.74, 6) is -0.507. The zero-order chi connectivity index (χ0) is 16.6. The van der Waals surface area contributed by atoms with Crippen LogP contribution in [-0.2, 0) is 0 Å². The van der Waals surface area contributed by atoms with Crippen LogP contribution in [0.2, 0.25) is 5.02 Å². The molecule has 0 bridgehead atoms. The number of carbonyl (C=O) groups is 1. The van der Waals surface area contributed by atoms with E-state index in [4.69, 9.17) is 16.0 Å². The predicted octanol–water partition coefficient (Wildman–Crippen LogP) is 4.32. The van der Waals surface area contributed by atoms with Crippen molar-refractivity contribution in [1.29, 1.82) is 0 Å². The van der Waals surface area contributed by atoms with Gasteiger partial charge in [-0.25, -0.2) is 4.79 Å². The Hall–Kier alpha value is -2.59. The topological polar surface area (TPSA) is 59.3 Å². The fourth-order valence-corrected chi connectivity index (χ4v) is 2.63. The van der Waals surface area contributed by atoms with Crippen LogP contribution in [0, 0.1) is 13.8 Å². The second kappa shape index (κ2) is 5.89. The molecular formula is C18H14ClNO3. The summed E-state index contributed by atoms with van der Waals surface area (Å²) in [6.45, 7) is 3.68. The molecule has 5 heteroatoms. The van der Waals surface area contributed by atoms with Crippen molar-refractivity contribution in [3.05, 3.63) is 74.6 Å². The van der Waals surface area contributed by atoms with Gasteiger partial charge in [0.1, 0.15) is 11.1 Å². The van der Waals surface area contributed by atoms with Gasteiger partial charge in [0.05, 0.1) is 0 Å². The highest BCUT2D eigenvalue weighted by Crippen LogP contribution is 2.21. The first-order chi connectivity index (χ1) is 11.0. The zero-order valence-corrected chi connectivity index (χ0v) is 13.4. The van der Waals surface area contributed by atoms with Crippen molar-refractivity contribution in [3.8, 4) is 0 Å². The Bertz CT molecular complexity index is 976. The minimum absolute atomic E-state index is 0.0301. The number of carbonyl (C=O) groups excluding carboxylic acids is 1. The molecule has 23 heavy (non-hydrogen) atoms. The molecular weight excluding hydrogens is 314 g/mol. The molecule has 0 aliphatic heterocycles. The molecule has 0 saturated heterocycles. The molecule has 1 aromatic heterocycles. The van der Waals surface area contributed by atoms with Crippen molar-refractivity contribution >= 4 is 34.2 Å². The molecule has 2 aromatic carbocycles. The predicted molar refractivity (Wildman–Crippen MR) is 91.4 cm³/mol. The van der Waals surface area contributed by atoms with E-state index in [1.165, 1.54) is 0 Å². The van der Waals surface area contributed by atoms with Crippen LogP contribution in [0.4, 0.5) is 5.69 Å². The lowest BCUT2D eigenvalue weighted by Crippen LogP contribution is -2.21. The number of benzene rings is 2. The van der Waals surface area contributed by atoms with E-state index in [0.717, 1.165) is 11.1 Å². The van der Waals surface area contributed by atoms with Crippen molar-refractivity contribution in [2.75, 3.05) is 5.32 Å². The second-order valence-corrected chi connectivity index (χ2v) is 5.79. The van der Waals surface area contributed by atoms with Crippen LogP contribution in [0.5, 0.6) is 0 Å². The van der Waals surface area contributed by atoms with Crippen LogP contribution in [0.1, 0.15) is 21.5 Å². The molecule has 116 valence electrons. The molecule has 0 aliphatic rings. The quantitative estimate of drug-likeness (QED) is 0.713. The first-order valence-corrected chi connectivity index (χ1v) is 7.44. The van der Waals surface area contributed by atoms with Gasteiger partial charge in [-0.2, -0.15) is 0 Å². The maximum Gasteiger partial charge on any atom is 0.349 e. The van der Waals surface area contributed by atoms with Gasteiger partial charge < -0.3 is 9.73 Å². The molecule has 4 nitrogen and oxygen atoms in total. The Morgan fingerprint density at radius 2 is 1.87 bits per heavy atom. The Balaban J connectivity index is 2.01. The number of hydrogen-bond donors (Lipinski definition) is 1. The Labute approximate surface area is 137 Å². The van der Waals surface area contributed by atoms with Crippen LogP contribution < -0.4 is 10.9 Å². The number of aryl methyl sites for hydroxylation is 2. The van der Waals surface area contributed by atoms with E-state index < -0.39 is 11.5 Å². The van der Waals surface area contributed by atoms with E-state index in [0.29, 0.717) is 21.7 Å². The molecule has 1 heterocycles. The van der Waals surface area contributed by atoms with Crippen molar-refractivity contribution in [3.63, 3.8) is 0 Å². The average Bonchev–Trinajstić information content (AvgIpc) is 2.50. The SMILES string of the molecule is Cc1cc(Cl)ccc1NC(=O)c1cc2cccc(C)c2oc1=O. The first-order valence-electron chi connectivity index (χ1n) is 7.06. The third kappa shape index (κ3) is 2.98. The highest BCUT2D eigenvalue weighted by atomic mass is 35.5. The minimum Gasteiger partial charge on any atom is -0.422 e. The monoisotopic (exact) mass is 327 g/mol. The van der Waals surface area contributed by atoms with Crippen LogP contribution in [-0.4, -0.2) is 5.91 Å². The van der Waals surface area contributed by atoms with Crippen LogP contribution in [0.25, 0.3) is 11.0 Å². The standard InChI is InChI=1S/C18H14ClNO3/c1-10-4-3-5-12-9-14(18(22)23-16(10)12)17(21)20-15-7-6-13(19)8-11(15)2/h3-9H,1-2H3,(H,20,21). The van der Waals surface area contributed by atoms with Crippen LogP contribution in [0.3, 0.4) is 0 Å². The lowest BCUT2D eigenvalue weighted by Gasteiger charge is -2.09. The number of rotatable bonds is 2. The highest BCUT2D eigenvalue weighted by Gasteiger charge is 2.15. The zero-order valence-electron chi connectivity index (χ0n) is 12.6. The summed E-state index contributed by atoms with van der Waals surface area (Å²) in [6.07, 6.45) is 0. The summed E-state index contributed by atoms with van der Waals surface area (Å²) in [5, 5.41) is 4.01. The number of para-hydroxylation sites is 1. The molecule has 1 N–H and O–H groups in total. The van der Waals surface area contributed by atoms with E-state index >= 15 is 0 Å². The summed E-state index contributed by atoms with van der Waals surface area (Å²) in [6, 6.07) is 12.2. The van der Waals surface area contributed by atoms with Gasteiger partial charge in [0.2, 0.25) is 0 Å². The number of hydrogen-bond acceptors (Lipinski definition) is 3. The van der Waals surface area contributed by atoms with Crippen molar-refractivity contribution < 1.29 is 9.21 Å². The average molecular weight is 328 g/mol. The molecule has 0 fully saturated rings. The number of amides is 1. The lowest BCUT2D eigenvalue weighted by molar-refractivity contribution is 0.102. The van der Waals surface area contributed by atoms with Crippen LogP contribution >= 0.6 is 11.6 Å². The summed E-state index contributed by atoms with van der Waals surface area (Å²) in [5.41, 5.74) is 2.07. The van der Waals surface area contributed by atoms with E-state index in [9.17, 15) is 9.59 Å². The van der Waals surface area contributed by atoms with Gasteiger partial charge in [-0.3, -0.25) is 4.79 Å². The van der Waals surface area contributed by atoms with E-state index in [2.05, 4.69) is 5.32 Å². The fourth-order valence-electron chi connectivity index (χ4n) is 2.41. The summed E-state index contributed by atoms with van der Waals surface area (Å²) in [4.78, 5) is 24.5. The van der Waals surface area contributed by atoms with Gasteiger partial charge in [-0.05, 0) is 49.2 Å². The van der Waals surface area contributed by atoms with E-state index in [1.54, 1.807) is 30.3 Å². The second-order valence-electron chi connectivity index (χ2n) is 5.35. The Kier molecular flexibility index (Phi) is 3.92. The van der Waals surface area contributed by atoms with Gasteiger partial charge in [0.25, 0.3) is 5.91 Å². The largest absolute Gasteiger partial charge is 0.422 e. The molecule has 0 saturated carbocycles. The van der Waals surface area contributed by atoms with Crippen molar-refractivity contribution in [1.82, 2.24) is 0 Å². The van der Waals surface area contributed by atoms with Crippen molar-refractivity contribution in [2.24, 2.45) is 0 Å². The third-order valence-corrected chi connectivity index (χ3v) is 3.87. The summed E-state index contributed by atoms with van der Waals surface area (Å²) < 4.78 is 5.29. The molecule has 0 unspecified atom stereocenters. The molecule has 1 amide bonds. The molecule has 0 atom stereocenters. The highest BCUT2D eigenvalue weighted by molar-refractivity contribution is 6.30. The maximum absolute atomic E-state index is 12.4. The van der Waals surface area contributed by atoms with Crippen molar-refractivity contribution in [2.45, 2.75) is 13.8 Å². The minimum atomic E-state index is -0.657. The van der Waals surface area contributed by atoms with Gasteiger partial charge in [-0.1, -0.05) is 29.8 Å². The molecule has 0 aliphatic carbocycles. The smallest absolute Gasteiger partial charge is 0.349 e. The fraction of sp³-hybridized carbons (Fsp3) is 0.111. The number of halogens is 1. The molecule has 0 radical (unpaired) electrons. The number of fused-ring (bicyclic) bond motifs is 1. The Morgan fingerprint density at radius 1 is 1.09 bits per heavy atom.